The second kappa shape index (κ2) is 6.32. The zero-order valence-electron chi connectivity index (χ0n) is 12.1. The fourth-order valence-corrected chi connectivity index (χ4v) is 1.97. The highest BCUT2D eigenvalue weighted by molar-refractivity contribution is 5.93. The Morgan fingerprint density at radius 1 is 1.35 bits per heavy atom. The van der Waals surface area contributed by atoms with E-state index in [1.54, 1.807) is 17.1 Å². The summed E-state index contributed by atoms with van der Waals surface area (Å²) in [6.07, 6.45) is 5.96. The molecule has 20 heavy (non-hydrogen) atoms. The van der Waals surface area contributed by atoms with E-state index in [9.17, 15) is 4.79 Å². The first-order chi connectivity index (χ1) is 9.63. The van der Waals surface area contributed by atoms with Gasteiger partial charge in [0.2, 0.25) is 0 Å². The molecule has 2 aromatic rings. The van der Waals surface area contributed by atoms with E-state index in [4.69, 9.17) is 0 Å². The second-order valence-corrected chi connectivity index (χ2v) is 4.78. The van der Waals surface area contributed by atoms with Crippen LogP contribution in [0.1, 0.15) is 47.9 Å². The van der Waals surface area contributed by atoms with E-state index in [-0.39, 0.29) is 11.9 Å². The smallest absolute Gasteiger partial charge is 0.255 e. The molecule has 2 rings (SSSR count). The Balaban J connectivity index is 2.09. The summed E-state index contributed by atoms with van der Waals surface area (Å²) in [5, 5.41) is 7.11. The van der Waals surface area contributed by atoms with Crippen LogP contribution < -0.4 is 5.32 Å². The number of carbonyl (C=O) groups excluding carboxylic acids is 1. The van der Waals surface area contributed by atoms with Gasteiger partial charge in [-0.05, 0) is 31.9 Å². The fourth-order valence-electron chi connectivity index (χ4n) is 1.97. The lowest BCUT2D eigenvalue weighted by atomic mass is 10.1. The van der Waals surface area contributed by atoms with Crippen molar-refractivity contribution in [2.24, 2.45) is 0 Å². The minimum absolute atomic E-state index is 0.0759. The molecule has 0 unspecified atom stereocenters. The molecule has 1 N–H and O–H groups in total. The first-order valence-corrected chi connectivity index (χ1v) is 6.90. The fraction of sp³-hybridized carbons (Fsp3) is 0.400. The van der Waals surface area contributed by atoms with Crippen LogP contribution in [0.2, 0.25) is 0 Å². The summed E-state index contributed by atoms with van der Waals surface area (Å²) in [4.78, 5) is 16.6. The van der Waals surface area contributed by atoms with Crippen LogP contribution in [0, 0.1) is 6.92 Å². The maximum Gasteiger partial charge on any atom is 0.255 e. The van der Waals surface area contributed by atoms with Crippen molar-refractivity contribution in [3.8, 4) is 0 Å². The largest absolute Gasteiger partial charge is 0.344 e. The molecule has 2 heterocycles. The monoisotopic (exact) mass is 272 g/mol. The highest BCUT2D eigenvalue weighted by Gasteiger charge is 2.16. The topological polar surface area (TPSA) is 59.8 Å². The van der Waals surface area contributed by atoms with Crippen molar-refractivity contribution in [3.63, 3.8) is 0 Å². The van der Waals surface area contributed by atoms with Crippen LogP contribution in [0.15, 0.2) is 30.7 Å². The third-order valence-corrected chi connectivity index (χ3v) is 3.22. The van der Waals surface area contributed by atoms with E-state index in [0.29, 0.717) is 5.56 Å². The summed E-state index contributed by atoms with van der Waals surface area (Å²) in [6, 6.07) is 3.89. The summed E-state index contributed by atoms with van der Waals surface area (Å²) in [5.41, 5.74) is 2.57. The highest BCUT2D eigenvalue weighted by Crippen LogP contribution is 2.15. The molecule has 5 heteroatoms. The van der Waals surface area contributed by atoms with Crippen LogP contribution in [-0.4, -0.2) is 20.7 Å². The van der Waals surface area contributed by atoms with Gasteiger partial charge in [-0.3, -0.25) is 14.5 Å². The van der Waals surface area contributed by atoms with Gasteiger partial charge in [0.05, 0.1) is 23.5 Å². The quantitative estimate of drug-likeness (QED) is 0.909. The molecular weight excluding hydrogens is 252 g/mol. The molecule has 2 aromatic heterocycles. The van der Waals surface area contributed by atoms with E-state index >= 15 is 0 Å². The van der Waals surface area contributed by atoms with Crippen LogP contribution in [0.3, 0.4) is 0 Å². The normalized spacial score (nSPS) is 12.2. The van der Waals surface area contributed by atoms with Gasteiger partial charge in [0.1, 0.15) is 0 Å². The number of hydrogen-bond acceptors (Lipinski definition) is 3. The molecule has 0 bridgehead atoms. The van der Waals surface area contributed by atoms with Gasteiger partial charge in [-0.25, -0.2) is 0 Å². The van der Waals surface area contributed by atoms with Crippen molar-refractivity contribution in [2.75, 3.05) is 0 Å². The van der Waals surface area contributed by atoms with E-state index in [1.807, 2.05) is 39.1 Å². The number of rotatable bonds is 5. The van der Waals surface area contributed by atoms with Crippen molar-refractivity contribution in [3.05, 3.63) is 47.5 Å². The van der Waals surface area contributed by atoms with Crippen molar-refractivity contribution < 1.29 is 4.79 Å². The Kier molecular flexibility index (Phi) is 4.50. The lowest BCUT2D eigenvalue weighted by molar-refractivity contribution is 0.0934. The molecule has 0 aliphatic rings. The summed E-state index contributed by atoms with van der Waals surface area (Å²) in [6.45, 7) is 6.77. The third kappa shape index (κ3) is 3.23. The number of hydrogen-bond donors (Lipinski definition) is 1. The molecule has 0 radical (unpaired) electrons. The van der Waals surface area contributed by atoms with Crippen molar-refractivity contribution in [1.82, 2.24) is 20.1 Å². The summed E-state index contributed by atoms with van der Waals surface area (Å²) < 4.78 is 1.74. The van der Waals surface area contributed by atoms with Gasteiger partial charge in [-0.1, -0.05) is 13.0 Å². The maximum atomic E-state index is 12.2. The SMILES string of the molecule is CC[C@H](NC(=O)c1cnn(CC)c1)c1ccc(C)cn1. The summed E-state index contributed by atoms with van der Waals surface area (Å²) in [5.74, 6) is -0.112. The van der Waals surface area contributed by atoms with Crippen LogP contribution >= 0.6 is 0 Å². The zero-order chi connectivity index (χ0) is 14.5. The van der Waals surface area contributed by atoms with Gasteiger partial charge in [0, 0.05) is 18.9 Å². The molecule has 1 atom stereocenters. The Morgan fingerprint density at radius 3 is 2.70 bits per heavy atom. The van der Waals surface area contributed by atoms with E-state index in [1.165, 1.54) is 0 Å². The Bertz CT molecular complexity index is 574. The van der Waals surface area contributed by atoms with Gasteiger partial charge in [0.15, 0.2) is 0 Å². The molecule has 0 aliphatic carbocycles. The van der Waals surface area contributed by atoms with Crippen LogP contribution in [0.25, 0.3) is 0 Å². The lowest BCUT2D eigenvalue weighted by Gasteiger charge is -2.16. The van der Waals surface area contributed by atoms with Gasteiger partial charge in [-0.15, -0.1) is 0 Å². The Labute approximate surface area is 119 Å². The third-order valence-electron chi connectivity index (χ3n) is 3.22. The van der Waals surface area contributed by atoms with Crippen molar-refractivity contribution in [2.45, 2.75) is 39.8 Å². The summed E-state index contributed by atoms with van der Waals surface area (Å²) in [7, 11) is 0. The molecule has 0 aromatic carbocycles. The molecule has 0 aliphatic heterocycles. The molecule has 0 fully saturated rings. The predicted octanol–water partition coefficient (Wildman–Crippen LogP) is 2.49. The average Bonchev–Trinajstić information content (AvgIpc) is 2.94. The average molecular weight is 272 g/mol. The van der Waals surface area contributed by atoms with E-state index in [2.05, 4.69) is 15.4 Å². The number of nitrogens with one attached hydrogen (secondary N) is 1. The highest BCUT2D eigenvalue weighted by atomic mass is 16.1. The van der Waals surface area contributed by atoms with Gasteiger partial charge >= 0.3 is 0 Å². The standard InChI is InChI=1S/C15H20N4O/c1-4-13(14-7-6-11(3)8-16-14)18-15(20)12-9-17-19(5-2)10-12/h6-10,13H,4-5H2,1-3H3,(H,18,20)/t13-/m0/s1. The molecule has 0 saturated heterocycles. The van der Waals surface area contributed by atoms with Crippen LogP contribution in [-0.2, 0) is 6.54 Å². The minimum Gasteiger partial charge on any atom is -0.344 e. The molecule has 106 valence electrons. The molecular formula is C15H20N4O. The van der Waals surface area contributed by atoms with E-state index in [0.717, 1.165) is 24.2 Å². The molecule has 1 amide bonds. The number of carbonyl (C=O) groups is 1. The van der Waals surface area contributed by atoms with Crippen molar-refractivity contribution >= 4 is 5.91 Å². The van der Waals surface area contributed by atoms with Crippen LogP contribution in [0.5, 0.6) is 0 Å². The summed E-state index contributed by atoms with van der Waals surface area (Å²) >= 11 is 0. The second-order valence-electron chi connectivity index (χ2n) is 4.78. The first kappa shape index (κ1) is 14.2. The molecule has 0 saturated carbocycles. The predicted molar refractivity (Wildman–Crippen MR) is 77.4 cm³/mol. The molecule has 0 spiro atoms. The van der Waals surface area contributed by atoms with Gasteiger partial charge < -0.3 is 5.32 Å². The van der Waals surface area contributed by atoms with E-state index < -0.39 is 0 Å². The Morgan fingerprint density at radius 2 is 2.15 bits per heavy atom. The first-order valence-electron chi connectivity index (χ1n) is 6.90. The molecule has 5 nitrogen and oxygen atoms in total. The van der Waals surface area contributed by atoms with Crippen LogP contribution in [0.4, 0.5) is 0 Å². The Hall–Kier alpha value is -2.17. The lowest BCUT2D eigenvalue weighted by Crippen LogP contribution is -2.28. The maximum absolute atomic E-state index is 12.2. The van der Waals surface area contributed by atoms with Crippen molar-refractivity contribution in [1.29, 1.82) is 0 Å². The number of pyridine rings is 1. The minimum atomic E-state index is -0.112. The zero-order valence-corrected chi connectivity index (χ0v) is 12.1. The van der Waals surface area contributed by atoms with Gasteiger partial charge in [0.25, 0.3) is 5.91 Å². The van der Waals surface area contributed by atoms with Gasteiger partial charge in [-0.2, -0.15) is 5.10 Å². The number of aromatic nitrogens is 3. The number of amides is 1. The number of nitrogens with zero attached hydrogens (tertiary/aromatic N) is 3. The number of aryl methyl sites for hydroxylation is 2.